The Balaban J connectivity index is 0.000000396. The minimum absolute atomic E-state index is 0.00898. The SMILES string of the molecule is CN(C)C(=O)c1ccc(CNCc2cn(C)c3ccccc23)[nH]1.O=C(O)C(F)(F)F. The first kappa shape index (κ1) is 23.0. The lowest BCUT2D eigenvalue weighted by atomic mass is 10.2. The summed E-state index contributed by atoms with van der Waals surface area (Å²) >= 11 is 0. The van der Waals surface area contributed by atoms with Gasteiger partial charge in [-0.2, -0.15) is 13.2 Å². The van der Waals surface area contributed by atoms with E-state index >= 15 is 0 Å². The molecule has 2 heterocycles. The number of carbonyl (C=O) groups is 2. The number of hydrogen-bond donors (Lipinski definition) is 3. The fourth-order valence-corrected chi connectivity index (χ4v) is 2.81. The van der Waals surface area contributed by atoms with Crippen molar-refractivity contribution in [2.45, 2.75) is 19.3 Å². The molecule has 7 nitrogen and oxygen atoms in total. The van der Waals surface area contributed by atoms with Gasteiger partial charge in [0.25, 0.3) is 5.91 Å². The maximum Gasteiger partial charge on any atom is 0.490 e. The fourth-order valence-electron chi connectivity index (χ4n) is 2.81. The van der Waals surface area contributed by atoms with Gasteiger partial charge >= 0.3 is 12.1 Å². The lowest BCUT2D eigenvalue weighted by molar-refractivity contribution is -0.192. The van der Waals surface area contributed by atoms with Crippen molar-refractivity contribution < 1.29 is 27.9 Å². The van der Waals surface area contributed by atoms with Crippen LogP contribution < -0.4 is 5.32 Å². The molecule has 0 spiro atoms. The van der Waals surface area contributed by atoms with Gasteiger partial charge in [-0.1, -0.05) is 18.2 Å². The standard InChI is InChI=1S/C18H22N4O.C2HF3O2/c1-21(2)18(23)16-9-8-14(20-16)11-19-10-13-12-22(3)17-7-5-4-6-15(13)17;3-2(4,5)1(6)7/h4-9,12,19-20H,10-11H2,1-3H3;(H,6,7). The molecule has 0 fully saturated rings. The normalized spacial score (nSPS) is 11.1. The summed E-state index contributed by atoms with van der Waals surface area (Å²) in [6.07, 6.45) is -2.92. The van der Waals surface area contributed by atoms with Crippen LogP contribution >= 0.6 is 0 Å². The van der Waals surface area contributed by atoms with Gasteiger partial charge in [-0.25, -0.2) is 4.79 Å². The largest absolute Gasteiger partial charge is 0.490 e. The Morgan fingerprint density at radius 3 is 2.37 bits per heavy atom. The number of nitrogens with zero attached hydrogens (tertiary/aromatic N) is 2. The molecule has 10 heteroatoms. The van der Waals surface area contributed by atoms with Crippen LogP contribution in [-0.4, -0.2) is 51.7 Å². The van der Waals surface area contributed by atoms with E-state index in [0.29, 0.717) is 12.2 Å². The summed E-state index contributed by atoms with van der Waals surface area (Å²) < 4.78 is 33.9. The summed E-state index contributed by atoms with van der Waals surface area (Å²) in [5.74, 6) is -2.77. The number of hydrogen-bond acceptors (Lipinski definition) is 3. The fraction of sp³-hybridized carbons (Fsp3) is 0.300. The number of benzene rings is 1. The number of carboxylic acids is 1. The second-order valence-electron chi connectivity index (χ2n) is 6.79. The van der Waals surface area contributed by atoms with Gasteiger partial charge in [0.15, 0.2) is 0 Å². The smallest absolute Gasteiger partial charge is 0.475 e. The second-order valence-corrected chi connectivity index (χ2v) is 6.79. The number of amides is 1. The van der Waals surface area contributed by atoms with E-state index < -0.39 is 12.1 Å². The molecule has 0 aliphatic rings. The molecule has 3 N–H and O–H groups in total. The van der Waals surface area contributed by atoms with Crippen molar-refractivity contribution in [3.05, 3.63) is 59.5 Å². The molecule has 3 aromatic rings. The van der Waals surface area contributed by atoms with Crippen molar-refractivity contribution in [2.75, 3.05) is 14.1 Å². The number of H-pyrrole nitrogens is 1. The van der Waals surface area contributed by atoms with Crippen LogP contribution in [0.4, 0.5) is 13.2 Å². The molecule has 2 aromatic heterocycles. The molecular formula is C20H23F3N4O3. The quantitative estimate of drug-likeness (QED) is 0.587. The van der Waals surface area contributed by atoms with Gasteiger partial charge in [0, 0.05) is 57.0 Å². The van der Waals surface area contributed by atoms with E-state index in [0.717, 1.165) is 12.2 Å². The zero-order valence-corrected chi connectivity index (χ0v) is 16.7. The molecule has 1 aromatic carbocycles. The molecule has 0 aliphatic heterocycles. The van der Waals surface area contributed by atoms with E-state index in [1.807, 2.05) is 12.1 Å². The topological polar surface area (TPSA) is 90.4 Å². The number of carboxylic acid groups (broad SMARTS) is 1. The van der Waals surface area contributed by atoms with Gasteiger partial charge < -0.3 is 24.9 Å². The van der Waals surface area contributed by atoms with Gasteiger partial charge in [0.1, 0.15) is 5.69 Å². The number of carbonyl (C=O) groups excluding carboxylic acids is 1. The number of aromatic amines is 1. The molecule has 1 amide bonds. The molecule has 0 radical (unpaired) electrons. The van der Waals surface area contributed by atoms with E-state index in [9.17, 15) is 18.0 Å². The molecule has 3 rings (SSSR count). The minimum atomic E-state index is -5.08. The Morgan fingerprint density at radius 2 is 1.77 bits per heavy atom. The predicted molar refractivity (Wildman–Crippen MR) is 106 cm³/mol. The zero-order valence-electron chi connectivity index (χ0n) is 16.7. The number of para-hydroxylation sites is 1. The Labute approximate surface area is 171 Å². The maximum absolute atomic E-state index is 11.9. The lowest BCUT2D eigenvalue weighted by Gasteiger charge is -2.08. The molecule has 162 valence electrons. The van der Waals surface area contributed by atoms with E-state index in [-0.39, 0.29) is 5.91 Å². The maximum atomic E-state index is 11.9. The average molecular weight is 424 g/mol. The van der Waals surface area contributed by atoms with E-state index in [2.05, 4.69) is 52.4 Å². The van der Waals surface area contributed by atoms with Crippen LogP contribution in [0.2, 0.25) is 0 Å². The Morgan fingerprint density at radius 1 is 1.13 bits per heavy atom. The van der Waals surface area contributed by atoms with Crippen molar-refractivity contribution >= 4 is 22.8 Å². The van der Waals surface area contributed by atoms with E-state index in [1.165, 1.54) is 16.5 Å². The number of alkyl halides is 3. The van der Waals surface area contributed by atoms with Crippen LogP contribution in [0.25, 0.3) is 10.9 Å². The Hall–Kier alpha value is -3.27. The van der Waals surface area contributed by atoms with Crippen LogP contribution in [0.1, 0.15) is 21.7 Å². The molecule has 0 bridgehead atoms. The van der Waals surface area contributed by atoms with Crippen molar-refractivity contribution in [3.8, 4) is 0 Å². The Bertz CT molecular complexity index is 1020. The molecule has 0 atom stereocenters. The summed E-state index contributed by atoms with van der Waals surface area (Å²) in [6, 6.07) is 12.2. The van der Waals surface area contributed by atoms with E-state index in [4.69, 9.17) is 9.90 Å². The first-order valence-electron chi connectivity index (χ1n) is 8.94. The van der Waals surface area contributed by atoms with Gasteiger partial charge in [-0.15, -0.1) is 0 Å². The Kier molecular flexibility index (Phi) is 7.28. The number of aromatic nitrogens is 2. The highest BCUT2D eigenvalue weighted by atomic mass is 19.4. The highest BCUT2D eigenvalue weighted by Gasteiger charge is 2.38. The second kappa shape index (κ2) is 9.49. The van der Waals surface area contributed by atoms with Gasteiger partial charge in [0.05, 0.1) is 0 Å². The molecule has 30 heavy (non-hydrogen) atoms. The van der Waals surface area contributed by atoms with Gasteiger partial charge in [-0.3, -0.25) is 4.79 Å². The summed E-state index contributed by atoms with van der Waals surface area (Å²) in [7, 11) is 5.57. The highest BCUT2D eigenvalue weighted by Crippen LogP contribution is 2.20. The third-order valence-corrected chi connectivity index (χ3v) is 4.24. The van der Waals surface area contributed by atoms with Crippen LogP contribution in [0.3, 0.4) is 0 Å². The zero-order chi connectivity index (χ0) is 22.5. The minimum Gasteiger partial charge on any atom is -0.475 e. The van der Waals surface area contributed by atoms with Crippen molar-refractivity contribution in [2.24, 2.45) is 7.05 Å². The summed E-state index contributed by atoms with van der Waals surface area (Å²) in [5.41, 5.74) is 4.15. The number of nitrogens with one attached hydrogen (secondary N) is 2. The number of aliphatic carboxylic acids is 1. The van der Waals surface area contributed by atoms with E-state index in [1.54, 1.807) is 19.0 Å². The number of fused-ring (bicyclic) bond motifs is 1. The third-order valence-electron chi connectivity index (χ3n) is 4.24. The monoisotopic (exact) mass is 424 g/mol. The number of halogens is 3. The summed E-state index contributed by atoms with van der Waals surface area (Å²) in [6.45, 7) is 1.49. The molecule has 0 unspecified atom stereocenters. The first-order chi connectivity index (χ1) is 14.0. The average Bonchev–Trinajstić information content (AvgIpc) is 3.26. The van der Waals surface area contributed by atoms with Crippen LogP contribution in [-0.2, 0) is 24.9 Å². The van der Waals surface area contributed by atoms with Crippen molar-refractivity contribution in [3.63, 3.8) is 0 Å². The number of rotatable bonds is 5. The molecular weight excluding hydrogens is 401 g/mol. The van der Waals surface area contributed by atoms with Crippen molar-refractivity contribution in [1.29, 1.82) is 0 Å². The first-order valence-corrected chi connectivity index (χ1v) is 8.94. The van der Waals surface area contributed by atoms with Gasteiger partial charge in [0.2, 0.25) is 0 Å². The number of aryl methyl sites for hydroxylation is 1. The summed E-state index contributed by atoms with van der Waals surface area (Å²) in [4.78, 5) is 25.5. The van der Waals surface area contributed by atoms with Gasteiger partial charge in [-0.05, 0) is 23.8 Å². The third kappa shape index (κ3) is 5.86. The summed E-state index contributed by atoms with van der Waals surface area (Å²) in [5, 5.41) is 11.8. The molecule has 0 saturated heterocycles. The molecule has 0 saturated carbocycles. The lowest BCUT2D eigenvalue weighted by Crippen LogP contribution is -2.22. The van der Waals surface area contributed by atoms with Crippen LogP contribution in [0.5, 0.6) is 0 Å². The molecule has 0 aliphatic carbocycles. The highest BCUT2D eigenvalue weighted by molar-refractivity contribution is 5.92. The van der Waals surface area contributed by atoms with Crippen LogP contribution in [0, 0.1) is 0 Å². The predicted octanol–water partition coefficient (Wildman–Crippen LogP) is 3.13. The van der Waals surface area contributed by atoms with Crippen molar-refractivity contribution in [1.82, 2.24) is 19.8 Å². The van der Waals surface area contributed by atoms with Crippen LogP contribution in [0.15, 0.2) is 42.6 Å².